The van der Waals surface area contributed by atoms with Crippen LogP contribution in [0.15, 0.2) is 66.4 Å². The zero-order valence-electron chi connectivity index (χ0n) is 44.4. The number of hydrogen-bond donors (Lipinski definition) is 5. The second-order valence-electron chi connectivity index (χ2n) is 23.3. The number of likely N-dealkylation sites (tertiary alicyclic amines) is 2. The van der Waals surface area contributed by atoms with Crippen molar-refractivity contribution in [2.24, 2.45) is 5.41 Å². The molecule has 2 bridgehead atoms. The van der Waals surface area contributed by atoms with Gasteiger partial charge < -0.3 is 50.9 Å². The van der Waals surface area contributed by atoms with E-state index in [2.05, 4.69) is 40.5 Å². The molecule has 5 aromatic rings. The number of thiazole rings is 1. The molecule has 2 aromatic carbocycles. The first-order valence-corrected chi connectivity index (χ1v) is 28.3. The number of carbonyl (C=O) groups excluding carboxylic acids is 3. The molecule has 0 radical (unpaired) electrons. The number of carbonyl (C=O) groups is 3. The molecule has 18 nitrogen and oxygen atoms in total. The number of nitrogen functional groups attached to an aromatic ring is 1. The molecule has 3 aromatic heterocycles. The van der Waals surface area contributed by atoms with E-state index in [1.54, 1.807) is 44.2 Å². The highest BCUT2D eigenvalue weighted by atomic mass is 32.1. The van der Waals surface area contributed by atoms with Crippen molar-refractivity contribution < 1.29 is 33.7 Å². The maximum Gasteiger partial charge on any atom is 0.258 e. The Morgan fingerprint density at radius 3 is 2.27 bits per heavy atom. The van der Waals surface area contributed by atoms with Crippen LogP contribution in [0.4, 0.5) is 21.8 Å². The lowest BCUT2D eigenvalue weighted by molar-refractivity contribution is -0.145. The number of alkyl halides is 1. The first-order chi connectivity index (χ1) is 37.0. The van der Waals surface area contributed by atoms with Crippen LogP contribution in [0.1, 0.15) is 114 Å². The van der Waals surface area contributed by atoms with Gasteiger partial charge in [-0.2, -0.15) is 0 Å². The summed E-state index contributed by atoms with van der Waals surface area (Å²) in [6.07, 6.45) is 11.4. The van der Waals surface area contributed by atoms with Gasteiger partial charge in [-0.25, -0.2) is 19.3 Å². The number of aliphatic hydroxyl groups is 1. The van der Waals surface area contributed by atoms with Gasteiger partial charge in [0.2, 0.25) is 17.8 Å². The summed E-state index contributed by atoms with van der Waals surface area (Å²) in [6, 6.07) is 14.0. The zero-order chi connectivity index (χ0) is 53.8. The Balaban J connectivity index is 0.682. The standard InChI is InChI=1S/C57H71FN12O6S/c1-33-49(77-32-63-33)35-9-10-36(26-60-52(73)46-24-41(71)31-69(46)53(74)50(56(2,3)4)64-54(75)57(58)19-20-57)48(23-35)76-42-15-13-38(14-16-42)67-21-17-34(18-22-67)37-27-61-55(62-28-37)70-39-11-12-40(70)30-68(29-39)45-25-44(65-66-51(45)59)43-7-5-6-8-47(43)72/h5-10,23,25,27-28,32,34,38-42,46,50,71-72H,11-22,24,26,29-31H2,1-4H3,(H2,59,66)(H,60,73)(H,64,75)/t38?,39-,40?,41-,42?,46+,50-/m1/s1. The number of ether oxygens (including phenoxy) is 1. The molecule has 4 aliphatic heterocycles. The van der Waals surface area contributed by atoms with E-state index in [0.29, 0.717) is 34.8 Å². The summed E-state index contributed by atoms with van der Waals surface area (Å²) >= 11 is 1.56. The number of aromatic hydroxyl groups is 1. The van der Waals surface area contributed by atoms with Gasteiger partial charge in [-0.05, 0) is 131 Å². The SMILES string of the molecule is Cc1ncsc1-c1ccc(CNC(=O)[C@@H]2C[C@@H](O)CN2C(=O)[C@@H](NC(=O)C2(F)CC2)C(C)(C)C)c(OC2CCC(N3CCC(c4cnc(N5C6CC[C@@H]5CN(c5cc(-c7ccccc7O)nnc5N)C6)nc4)CC3)CC2)c1. The minimum Gasteiger partial charge on any atom is -0.507 e. The molecular weight excluding hydrogens is 1000 g/mol. The predicted molar refractivity (Wildman–Crippen MR) is 292 cm³/mol. The number of amides is 3. The molecule has 4 saturated heterocycles. The number of halogens is 1. The summed E-state index contributed by atoms with van der Waals surface area (Å²) in [5.74, 6) is 0.628. The third-order valence-corrected chi connectivity index (χ3v) is 18.0. The van der Waals surface area contributed by atoms with E-state index in [0.717, 1.165) is 111 Å². The summed E-state index contributed by atoms with van der Waals surface area (Å²) in [5, 5.41) is 35.5. The number of β-amino-alcohol motifs (C(OH)–C–C–N with tert-alkyl or cyclic N) is 1. The number of anilines is 3. The van der Waals surface area contributed by atoms with Crippen LogP contribution in [0.5, 0.6) is 11.5 Å². The third kappa shape index (κ3) is 11.0. The fourth-order valence-corrected chi connectivity index (χ4v) is 13.2. The van der Waals surface area contributed by atoms with Crippen molar-refractivity contribution in [3.05, 3.63) is 83.3 Å². The normalized spacial score (nSPS) is 24.9. The number of nitrogens with two attached hydrogens (primary N) is 1. The Morgan fingerprint density at radius 1 is 0.909 bits per heavy atom. The smallest absolute Gasteiger partial charge is 0.258 e. The van der Waals surface area contributed by atoms with Crippen LogP contribution in [-0.2, 0) is 20.9 Å². The average molecular weight is 1070 g/mol. The van der Waals surface area contributed by atoms with Crippen molar-refractivity contribution in [3.8, 4) is 33.2 Å². The molecule has 0 spiro atoms. The number of benzene rings is 2. The van der Waals surface area contributed by atoms with Crippen molar-refractivity contribution in [2.45, 2.75) is 159 Å². The van der Waals surface area contributed by atoms with Gasteiger partial charge in [0.25, 0.3) is 5.91 Å². The zero-order valence-corrected chi connectivity index (χ0v) is 45.2. The van der Waals surface area contributed by atoms with Crippen molar-refractivity contribution in [3.63, 3.8) is 0 Å². The van der Waals surface area contributed by atoms with Crippen LogP contribution in [0, 0.1) is 12.3 Å². The van der Waals surface area contributed by atoms with Gasteiger partial charge in [-0.15, -0.1) is 21.5 Å². The topological polar surface area (TPSA) is 228 Å². The molecule has 1 unspecified atom stereocenters. The van der Waals surface area contributed by atoms with Gasteiger partial charge in [0.05, 0.1) is 39.7 Å². The van der Waals surface area contributed by atoms with Crippen LogP contribution in [0.3, 0.4) is 0 Å². The molecule has 2 saturated carbocycles. The predicted octanol–water partition coefficient (Wildman–Crippen LogP) is 6.69. The van der Waals surface area contributed by atoms with Crippen LogP contribution < -0.4 is 30.9 Å². The summed E-state index contributed by atoms with van der Waals surface area (Å²) in [4.78, 5) is 65.0. The Morgan fingerprint density at radius 2 is 1.61 bits per heavy atom. The number of piperidine rings is 1. The van der Waals surface area contributed by atoms with E-state index >= 15 is 0 Å². The van der Waals surface area contributed by atoms with E-state index < -0.39 is 47.0 Å². The average Bonchev–Trinajstić information content (AvgIpc) is 3.74. The lowest BCUT2D eigenvalue weighted by Crippen LogP contribution is -2.59. The van der Waals surface area contributed by atoms with E-state index in [9.17, 15) is 29.0 Å². The largest absolute Gasteiger partial charge is 0.507 e. The second kappa shape index (κ2) is 21.4. The molecule has 5 atom stereocenters. The Labute approximate surface area is 453 Å². The van der Waals surface area contributed by atoms with E-state index in [-0.39, 0.29) is 56.3 Å². The number of phenols is 1. The van der Waals surface area contributed by atoms with Gasteiger partial charge >= 0.3 is 0 Å². The molecule has 11 rings (SSSR count). The number of hydrogen-bond acceptors (Lipinski definition) is 16. The van der Waals surface area contributed by atoms with Crippen LogP contribution >= 0.6 is 11.3 Å². The number of phenolic OH excluding ortho intramolecular Hbond substituents is 1. The highest BCUT2D eigenvalue weighted by Gasteiger charge is 2.53. The minimum absolute atomic E-state index is 0.0136. The number of nitrogens with zero attached hydrogens (tertiary/aromatic N) is 9. The third-order valence-electron chi connectivity index (χ3n) is 17.0. The van der Waals surface area contributed by atoms with Crippen molar-refractivity contribution in [1.82, 2.24) is 45.6 Å². The summed E-state index contributed by atoms with van der Waals surface area (Å²) < 4.78 is 21.6. The number of piperazine rings is 1. The molecular formula is C57H71FN12O6S. The molecule has 2 aliphatic carbocycles. The summed E-state index contributed by atoms with van der Waals surface area (Å²) in [7, 11) is 0. The van der Waals surface area contributed by atoms with Gasteiger partial charge in [-0.1, -0.05) is 45.0 Å². The first kappa shape index (κ1) is 52.5. The van der Waals surface area contributed by atoms with Crippen molar-refractivity contribution in [1.29, 1.82) is 0 Å². The lowest BCUT2D eigenvalue weighted by Gasteiger charge is -2.42. The van der Waals surface area contributed by atoms with Gasteiger partial charge in [0, 0.05) is 74.2 Å². The van der Waals surface area contributed by atoms with Crippen LogP contribution in [0.25, 0.3) is 21.7 Å². The molecule has 408 valence electrons. The fourth-order valence-electron chi connectivity index (χ4n) is 12.4. The minimum atomic E-state index is -1.97. The monoisotopic (exact) mass is 1070 g/mol. The molecule has 6 aliphatic rings. The van der Waals surface area contributed by atoms with Crippen LogP contribution in [-0.4, -0.2) is 144 Å². The van der Waals surface area contributed by atoms with Gasteiger partial charge in [0.15, 0.2) is 11.5 Å². The lowest BCUT2D eigenvalue weighted by atomic mass is 9.85. The maximum atomic E-state index is 14.7. The maximum absolute atomic E-state index is 14.7. The van der Waals surface area contributed by atoms with Gasteiger partial charge in [0.1, 0.15) is 23.6 Å². The number of aryl methyl sites for hydroxylation is 1. The molecule has 6 N–H and O–H groups in total. The Bertz CT molecular complexity index is 2960. The number of para-hydroxylation sites is 1. The van der Waals surface area contributed by atoms with Gasteiger partial charge in [-0.3, -0.25) is 14.4 Å². The number of fused-ring (bicyclic) bond motifs is 2. The quantitative estimate of drug-likeness (QED) is 0.0781. The van der Waals surface area contributed by atoms with E-state index in [4.69, 9.17) is 20.4 Å². The molecule has 20 heteroatoms. The fraction of sp³-hybridized carbons (Fsp3) is 0.544. The number of aliphatic hydroxyl groups excluding tert-OH is 1. The molecule has 7 heterocycles. The first-order valence-electron chi connectivity index (χ1n) is 27.5. The number of aromatic nitrogens is 5. The molecule has 6 fully saturated rings. The Kier molecular flexibility index (Phi) is 14.6. The number of rotatable bonds is 14. The molecule has 77 heavy (non-hydrogen) atoms. The summed E-state index contributed by atoms with van der Waals surface area (Å²) in [6.45, 7) is 10.9. The highest BCUT2D eigenvalue weighted by Crippen LogP contribution is 2.42. The van der Waals surface area contributed by atoms with Crippen LogP contribution in [0.2, 0.25) is 0 Å². The number of nitrogens with one attached hydrogen (secondary N) is 2. The van der Waals surface area contributed by atoms with Crippen molar-refractivity contribution in [2.75, 3.05) is 48.3 Å². The van der Waals surface area contributed by atoms with E-state index in [1.165, 1.54) is 10.5 Å². The summed E-state index contributed by atoms with van der Waals surface area (Å²) in [5.41, 5.74) is 11.4. The molecule has 3 amide bonds. The second-order valence-corrected chi connectivity index (χ2v) is 24.2. The Hall–Kier alpha value is -6.51. The van der Waals surface area contributed by atoms with E-state index in [1.807, 2.05) is 61.2 Å². The van der Waals surface area contributed by atoms with Crippen molar-refractivity contribution >= 4 is 46.5 Å². The highest BCUT2D eigenvalue weighted by molar-refractivity contribution is 7.13.